The number of hydrogen-bond acceptors (Lipinski definition) is 6. The van der Waals surface area contributed by atoms with Crippen LogP contribution in [0.5, 0.6) is 0 Å². The predicted molar refractivity (Wildman–Crippen MR) is 85.2 cm³/mol. The fourth-order valence-corrected chi connectivity index (χ4v) is 2.37. The number of tetrazole rings is 1. The molecule has 8 heteroatoms. The van der Waals surface area contributed by atoms with Crippen molar-refractivity contribution in [1.29, 1.82) is 0 Å². The van der Waals surface area contributed by atoms with Gasteiger partial charge >= 0.3 is 0 Å². The Morgan fingerprint density at radius 1 is 1.26 bits per heavy atom. The first-order valence-electron chi connectivity index (χ1n) is 7.28. The van der Waals surface area contributed by atoms with Gasteiger partial charge in [0.05, 0.1) is 24.1 Å². The van der Waals surface area contributed by atoms with Crippen LogP contribution in [0, 0.1) is 13.8 Å². The van der Waals surface area contributed by atoms with E-state index < -0.39 is 0 Å². The summed E-state index contributed by atoms with van der Waals surface area (Å²) in [6.45, 7) is 5.01. The molecular formula is C15H19N7O. The highest BCUT2D eigenvalue weighted by Crippen LogP contribution is 2.16. The number of aromatic nitrogens is 6. The molecule has 0 spiro atoms. The molecule has 120 valence electrons. The Bertz CT molecular complexity index is 793. The maximum Gasteiger partial charge on any atom is 0.153 e. The molecule has 3 rings (SSSR count). The van der Waals surface area contributed by atoms with E-state index in [1.165, 1.54) is 0 Å². The van der Waals surface area contributed by atoms with Crippen molar-refractivity contribution in [3.05, 3.63) is 47.5 Å². The lowest BCUT2D eigenvalue weighted by atomic mass is 10.2. The van der Waals surface area contributed by atoms with Crippen molar-refractivity contribution in [3.63, 3.8) is 0 Å². The van der Waals surface area contributed by atoms with E-state index in [1.807, 2.05) is 49.0 Å². The van der Waals surface area contributed by atoms with Crippen LogP contribution in [-0.2, 0) is 18.0 Å². The molecule has 0 aliphatic rings. The summed E-state index contributed by atoms with van der Waals surface area (Å²) in [5.74, 6) is 0.746. The molecule has 0 atom stereocenters. The highest BCUT2D eigenvalue weighted by atomic mass is 16.5. The number of methoxy groups -OCH3 is 1. The van der Waals surface area contributed by atoms with Crippen LogP contribution in [0.2, 0.25) is 0 Å². The Kier molecular flexibility index (Phi) is 4.33. The van der Waals surface area contributed by atoms with E-state index in [0.717, 1.165) is 28.5 Å². The Balaban J connectivity index is 1.77. The first-order valence-corrected chi connectivity index (χ1v) is 7.28. The van der Waals surface area contributed by atoms with E-state index >= 15 is 0 Å². The van der Waals surface area contributed by atoms with Crippen LogP contribution < -0.4 is 5.32 Å². The van der Waals surface area contributed by atoms with Crippen LogP contribution in [0.3, 0.4) is 0 Å². The average molecular weight is 313 g/mol. The third-order valence-electron chi connectivity index (χ3n) is 3.59. The standard InChI is InChI=1S/C15H19N7O/c1-11-8-17-21(10-23-3)15(11)9-16-13-5-4-6-14(7-13)22-12(2)18-19-20-22/h4-8,16H,9-10H2,1-3H3. The lowest BCUT2D eigenvalue weighted by molar-refractivity contribution is 0.118. The van der Waals surface area contributed by atoms with Gasteiger partial charge in [-0.1, -0.05) is 6.07 Å². The van der Waals surface area contributed by atoms with Gasteiger partial charge in [-0.15, -0.1) is 5.10 Å². The zero-order valence-electron chi connectivity index (χ0n) is 13.4. The third kappa shape index (κ3) is 3.21. The summed E-state index contributed by atoms with van der Waals surface area (Å²) in [4.78, 5) is 0. The van der Waals surface area contributed by atoms with Gasteiger partial charge in [0, 0.05) is 12.8 Å². The molecule has 8 nitrogen and oxygen atoms in total. The molecule has 0 unspecified atom stereocenters. The van der Waals surface area contributed by atoms with Crippen LogP contribution in [0.25, 0.3) is 5.69 Å². The number of nitrogens with one attached hydrogen (secondary N) is 1. The first-order chi connectivity index (χ1) is 11.2. The van der Waals surface area contributed by atoms with Gasteiger partial charge < -0.3 is 10.1 Å². The molecule has 1 N–H and O–H groups in total. The minimum Gasteiger partial charge on any atom is -0.379 e. The molecule has 0 aliphatic heterocycles. The van der Waals surface area contributed by atoms with Gasteiger partial charge in [0.2, 0.25) is 0 Å². The molecular weight excluding hydrogens is 294 g/mol. The van der Waals surface area contributed by atoms with Crippen LogP contribution in [0.1, 0.15) is 17.1 Å². The smallest absolute Gasteiger partial charge is 0.153 e. The Morgan fingerprint density at radius 3 is 2.87 bits per heavy atom. The molecule has 0 radical (unpaired) electrons. The number of nitrogens with zero attached hydrogens (tertiary/aromatic N) is 6. The number of ether oxygens (including phenoxy) is 1. The second kappa shape index (κ2) is 6.57. The first kappa shape index (κ1) is 15.2. The molecule has 23 heavy (non-hydrogen) atoms. The fraction of sp³-hybridized carbons (Fsp3) is 0.333. The molecule has 2 aromatic heterocycles. The largest absolute Gasteiger partial charge is 0.379 e. The van der Waals surface area contributed by atoms with Crippen molar-refractivity contribution < 1.29 is 4.74 Å². The Morgan fingerprint density at radius 2 is 2.13 bits per heavy atom. The highest BCUT2D eigenvalue weighted by Gasteiger charge is 2.08. The normalized spacial score (nSPS) is 10.9. The lowest BCUT2D eigenvalue weighted by Gasteiger charge is -2.11. The predicted octanol–water partition coefficient (Wildman–Crippen LogP) is 1.69. The summed E-state index contributed by atoms with van der Waals surface area (Å²) in [5, 5.41) is 19.3. The summed E-state index contributed by atoms with van der Waals surface area (Å²) in [7, 11) is 1.66. The Hall–Kier alpha value is -2.74. The molecule has 0 bridgehead atoms. The maximum absolute atomic E-state index is 5.16. The van der Waals surface area contributed by atoms with Crippen LogP contribution in [0.4, 0.5) is 5.69 Å². The quantitative estimate of drug-likeness (QED) is 0.745. The van der Waals surface area contributed by atoms with Gasteiger partial charge in [-0.25, -0.2) is 4.68 Å². The van der Waals surface area contributed by atoms with Gasteiger partial charge in [-0.05, 0) is 48.0 Å². The number of anilines is 1. The van der Waals surface area contributed by atoms with Crippen molar-refractivity contribution in [1.82, 2.24) is 30.0 Å². The van der Waals surface area contributed by atoms with Gasteiger partial charge in [-0.2, -0.15) is 9.78 Å². The third-order valence-corrected chi connectivity index (χ3v) is 3.59. The molecule has 1 aromatic carbocycles. The second-order valence-electron chi connectivity index (χ2n) is 5.23. The fourth-order valence-electron chi connectivity index (χ4n) is 2.37. The summed E-state index contributed by atoms with van der Waals surface area (Å²) in [6.07, 6.45) is 1.84. The van der Waals surface area contributed by atoms with E-state index in [2.05, 4.69) is 25.9 Å². The second-order valence-corrected chi connectivity index (χ2v) is 5.23. The van der Waals surface area contributed by atoms with E-state index in [0.29, 0.717) is 13.3 Å². The van der Waals surface area contributed by atoms with Gasteiger partial charge in [0.25, 0.3) is 0 Å². The molecule has 0 fully saturated rings. The molecule has 3 aromatic rings. The molecule has 2 heterocycles. The number of benzene rings is 1. The van der Waals surface area contributed by atoms with Crippen molar-refractivity contribution >= 4 is 5.69 Å². The van der Waals surface area contributed by atoms with E-state index in [9.17, 15) is 0 Å². The van der Waals surface area contributed by atoms with Gasteiger partial charge in [0.1, 0.15) is 6.73 Å². The van der Waals surface area contributed by atoms with E-state index in [1.54, 1.807) is 11.8 Å². The monoisotopic (exact) mass is 313 g/mol. The molecule has 0 amide bonds. The summed E-state index contributed by atoms with van der Waals surface area (Å²) >= 11 is 0. The van der Waals surface area contributed by atoms with Crippen molar-refractivity contribution in [2.24, 2.45) is 0 Å². The summed E-state index contributed by atoms with van der Waals surface area (Å²) in [6, 6.07) is 7.96. The summed E-state index contributed by atoms with van der Waals surface area (Å²) in [5.41, 5.74) is 4.12. The van der Waals surface area contributed by atoms with Crippen molar-refractivity contribution in [2.75, 3.05) is 12.4 Å². The van der Waals surface area contributed by atoms with Crippen molar-refractivity contribution in [3.8, 4) is 5.69 Å². The highest BCUT2D eigenvalue weighted by molar-refractivity contribution is 5.51. The van der Waals surface area contributed by atoms with E-state index in [4.69, 9.17) is 4.74 Å². The van der Waals surface area contributed by atoms with Gasteiger partial charge in [-0.3, -0.25) is 0 Å². The zero-order chi connectivity index (χ0) is 16.2. The van der Waals surface area contributed by atoms with E-state index in [-0.39, 0.29) is 0 Å². The topological polar surface area (TPSA) is 82.7 Å². The molecule has 0 saturated carbocycles. The molecule has 0 saturated heterocycles. The average Bonchev–Trinajstić information content (AvgIpc) is 3.13. The number of rotatable bonds is 6. The zero-order valence-corrected chi connectivity index (χ0v) is 13.4. The molecule has 0 aliphatic carbocycles. The van der Waals surface area contributed by atoms with Crippen molar-refractivity contribution in [2.45, 2.75) is 27.1 Å². The van der Waals surface area contributed by atoms with Crippen LogP contribution >= 0.6 is 0 Å². The van der Waals surface area contributed by atoms with Crippen LogP contribution in [0.15, 0.2) is 30.5 Å². The number of aryl methyl sites for hydroxylation is 2. The SMILES string of the molecule is COCn1ncc(C)c1CNc1cccc(-n2nnnc2C)c1. The lowest BCUT2D eigenvalue weighted by Crippen LogP contribution is -2.11. The van der Waals surface area contributed by atoms with Gasteiger partial charge in [0.15, 0.2) is 5.82 Å². The minimum atomic E-state index is 0.439. The Labute approximate surface area is 134 Å². The van der Waals surface area contributed by atoms with Crippen LogP contribution in [-0.4, -0.2) is 37.1 Å². The maximum atomic E-state index is 5.16. The summed E-state index contributed by atoms with van der Waals surface area (Å²) < 4.78 is 8.71. The number of hydrogen-bond donors (Lipinski definition) is 1. The minimum absolute atomic E-state index is 0.439.